The smallest absolute Gasteiger partial charge is 0.239 e. The molecule has 2 fully saturated rings. The van der Waals surface area contributed by atoms with Gasteiger partial charge in [-0.25, -0.2) is 0 Å². The molecule has 116 valence electrons. The van der Waals surface area contributed by atoms with Crippen LogP contribution in [0, 0.1) is 0 Å². The summed E-state index contributed by atoms with van der Waals surface area (Å²) in [6.45, 7) is 9.61. The van der Waals surface area contributed by atoms with Gasteiger partial charge in [-0.3, -0.25) is 4.79 Å². The van der Waals surface area contributed by atoms with Crippen LogP contribution in [0.3, 0.4) is 0 Å². The maximum Gasteiger partial charge on any atom is 0.239 e. The van der Waals surface area contributed by atoms with Crippen molar-refractivity contribution < 1.29 is 4.79 Å². The van der Waals surface area contributed by atoms with Crippen molar-refractivity contribution in [2.75, 3.05) is 32.7 Å². The maximum atomic E-state index is 12.6. The van der Waals surface area contributed by atoms with Crippen LogP contribution in [0.5, 0.6) is 0 Å². The molecule has 0 bridgehead atoms. The zero-order valence-corrected chi connectivity index (χ0v) is 13.2. The van der Waals surface area contributed by atoms with E-state index < -0.39 is 0 Å². The lowest BCUT2D eigenvalue weighted by Crippen LogP contribution is -2.52. The molecule has 0 radical (unpaired) electrons. The van der Waals surface area contributed by atoms with Gasteiger partial charge in [0.15, 0.2) is 0 Å². The van der Waals surface area contributed by atoms with Crippen LogP contribution in [0.15, 0.2) is 0 Å². The average Bonchev–Trinajstić information content (AvgIpc) is 2.77. The van der Waals surface area contributed by atoms with Crippen molar-refractivity contribution in [3.05, 3.63) is 0 Å². The van der Waals surface area contributed by atoms with E-state index in [4.69, 9.17) is 0 Å². The Hall–Kier alpha value is -0.610. The van der Waals surface area contributed by atoms with Gasteiger partial charge in [0.05, 0.1) is 6.04 Å². The second-order valence-electron chi connectivity index (χ2n) is 6.13. The van der Waals surface area contributed by atoms with E-state index in [9.17, 15) is 4.79 Å². The molecule has 1 unspecified atom stereocenters. The van der Waals surface area contributed by atoms with Crippen molar-refractivity contribution in [1.29, 1.82) is 0 Å². The lowest BCUT2D eigenvalue weighted by atomic mass is 10.0. The van der Waals surface area contributed by atoms with Crippen molar-refractivity contribution in [2.24, 2.45) is 0 Å². The van der Waals surface area contributed by atoms with Gasteiger partial charge in [-0.15, -0.1) is 0 Å². The molecule has 2 heterocycles. The molecular formula is C16H31N3O. The quantitative estimate of drug-likeness (QED) is 0.854. The van der Waals surface area contributed by atoms with Crippen LogP contribution in [0.25, 0.3) is 0 Å². The minimum absolute atomic E-state index is 0.0857. The number of amides is 1. The number of hydrogen-bond acceptors (Lipinski definition) is 3. The van der Waals surface area contributed by atoms with Gasteiger partial charge in [-0.2, -0.15) is 0 Å². The average molecular weight is 281 g/mol. The Kier molecular flexibility index (Phi) is 6.30. The van der Waals surface area contributed by atoms with E-state index in [0.717, 1.165) is 52.0 Å². The molecule has 1 amide bonds. The highest BCUT2D eigenvalue weighted by molar-refractivity contribution is 5.82. The van der Waals surface area contributed by atoms with E-state index in [2.05, 4.69) is 29.0 Å². The SMILES string of the molecule is CCN(CC)C1CCN(C(=O)C2CCCCCN2)CC1. The Morgan fingerprint density at radius 1 is 1.10 bits per heavy atom. The Labute approximate surface area is 123 Å². The minimum Gasteiger partial charge on any atom is -0.341 e. The Bertz CT molecular complexity index is 288. The van der Waals surface area contributed by atoms with E-state index >= 15 is 0 Å². The van der Waals surface area contributed by atoms with Crippen LogP contribution in [0.2, 0.25) is 0 Å². The summed E-state index contributed by atoms with van der Waals surface area (Å²) in [7, 11) is 0. The highest BCUT2D eigenvalue weighted by atomic mass is 16.2. The monoisotopic (exact) mass is 281 g/mol. The van der Waals surface area contributed by atoms with Crippen molar-refractivity contribution in [2.45, 2.75) is 64.5 Å². The molecule has 0 saturated carbocycles. The van der Waals surface area contributed by atoms with Crippen LogP contribution in [0.1, 0.15) is 52.4 Å². The Balaban J connectivity index is 1.81. The molecule has 2 rings (SSSR count). The second kappa shape index (κ2) is 7.99. The number of nitrogens with one attached hydrogen (secondary N) is 1. The van der Waals surface area contributed by atoms with Crippen molar-refractivity contribution in [3.63, 3.8) is 0 Å². The maximum absolute atomic E-state index is 12.6. The van der Waals surface area contributed by atoms with Crippen LogP contribution in [-0.4, -0.2) is 60.5 Å². The Morgan fingerprint density at radius 2 is 1.80 bits per heavy atom. The fraction of sp³-hybridized carbons (Fsp3) is 0.938. The molecule has 4 nitrogen and oxygen atoms in total. The summed E-state index contributed by atoms with van der Waals surface area (Å²) >= 11 is 0. The molecule has 2 saturated heterocycles. The van der Waals surface area contributed by atoms with Gasteiger partial charge in [0.25, 0.3) is 0 Å². The van der Waals surface area contributed by atoms with Gasteiger partial charge in [0.1, 0.15) is 0 Å². The van der Waals surface area contributed by atoms with Crippen molar-refractivity contribution in [3.8, 4) is 0 Å². The molecule has 20 heavy (non-hydrogen) atoms. The van der Waals surface area contributed by atoms with Crippen LogP contribution in [0.4, 0.5) is 0 Å². The second-order valence-corrected chi connectivity index (χ2v) is 6.13. The summed E-state index contributed by atoms with van der Waals surface area (Å²) in [6, 6.07) is 0.763. The standard InChI is InChI=1S/C16H31N3O/c1-3-18(4-2)14-9-12-19(13-10-14)16(20)15-8-6-5-7-11-17-15/h14-15,17H,3-13H2,1-2H3. The predicted molar refractivity (Wildman–Crippen MR) is 82.8 cm³/mol. The molecule has 4 heteroatoms. The normalized spacial score (nSPS) is 25.8. The topological polar surface area (TPSA) is 35.6 Å². The third kappa shape index (κ3) is 3.95. The minimum atomic E-state index is 0.0857. The number of carbonyl (C=O) groups excluding carboxylic acids is 1. The highest BCUT2D eigenvalue weighted by Gasteiger charge is 2.29. The summed E-state index contributed by atoms with van der Waals surface area (Å²) in [6.07, 6.45) is 6.98. The molecule has 2 aliphatic heterocycles. The van der Waals surface area contributed by atoms with Crippen LogP contribution in [-0.2, 0) is 4.79 Å². The van der Waals surface area contributed by atoms with Gasteiger partial charge in [-0.1, -0.05) is 26.7 Å². The van der Waals surface area contributed by atoms with Gasteiger partial charge in [-0.05, 0) is 45.3 Å². The number of rotatable bonds is 4. The molecule has 0 aromatic heterocycles. The summed E-state index contributed by atoms with van der Waals surface area (Å²) in [4.78, 5) is 17.2. The lowest BCUT2D eigenvalue weighted by molar-refractivity contribution is -0.135. The largest absolute Gasteiger partial charge is 0.341 e. The van der Waals surface area contributed by atoms with Gasteiger partial charge < -0.3 is 15.1 Å². The van der Waals surface area contributed by atoms with E-state index in [1.807, 2.05) is 0 Å². The molecule has 1 atom stereocenters. The van der Waals surface area contributed by atoms with Crippen LogP contribution < -0.4 is 5.32 Å². The molecule has 0 aromatic rings. The lowest BCUT2D eigenvalue weighted by Gasteiger charge is -2.38. The van der Waals surface area contributed by atoms with Gasteiger partial charge >= 0.3 is 0 Å². The number of hydrogen-bond donors (Lipinski definition) is 1. The third-order valence-electron chi connectivity index (χ3n) is 4.96. The molecular weight excluding hydrogens is 250 g/mol. The van der Waals surface area contributed by atoms with Crippen LogP contribution >= 0.6 is 0 Å². The Morgan fingerprint density at radius 3 is 2.45 bits per heavy atom. The molecule has 0 aliphatic carbocycles. The van der Waals surface area contributed by atoms with Crippen molar-refractivity contribution >= 4 is 5.91 Å². The number of nitrogens with zero attached hydrogens (tertiary/aromatic N) is 2. The first-order valence-electron chi connectivity index (χ1n) is 8.52. The van der Waals surface area contributed by atoms with Gasteiger partial charge in [0, 0.05) is 19.1 Å². The molecule has 1 N–H and O–H groups in total. The molecule has 2 aliphatic rings. The zero-order chi connectivity index (χ0) is 14.4. The number of likely N-dealkylation sites (tertiary alicyclic amines) is 1. The summed E-state index contributed by atoms with van der Waals surface area (Å²) in [5.41, 5.74) is 0. The summed E-state index contributed by atoms with van der Waals surface area (Å²) < 4.78 is 0. The summed E-state index contributed by atoms with van der Waals surface area (Å²) in [5, 5.41) is 3.43. The van der Waals surface area contributed by atoms with E-state index in [1.165, 1.54) is 19.3 Å². The third-order valence-corrected chi connectivity index (χ3v) is 4.96. The van der Waals surface area contributed by atoms with E-state index in [0.29, 0.717) is 11.9 Å². The fourth-order valence-corrected chi connectivity index (χ4v) is 3.65. The first-order valence-corrected chi connectivity index (χ1v) is 8.52. The number of carbonyl (C=O) groups is 1. The van der Waals surface area contributed by atoms with E-state index in [-0.39, 0.29) is 6.04 Å². The highest BCUT2D eigenvalue weighted by Crippen LogP contribution is 2.18. The van der Waals surface area contributed by atoms with Crippen molar-refractivity contribution in [1.82, 2.24) is 15.1 Å². The summed E-state index contributed by atoms with van der Waals surface area (Å²) in [5.74, 6) is 0.352. The predicted octanol–water partition coefficient (Wildman–Crippen LogP) is 1.85. The molecule has 0 spiro atoms. The van der Waals surface area contributed by atoms with Gasteiger partial charge in [0.2, 0.25) is 5.91 Å². The first kappa shape index (κ1) is 15.8. The first-order chi connectivity index (χ1) is 9.76. The fourth-order valence-electron chi connectivity index (χ4n) is 3.65. The number of piperidine rings is 1. The zero-order valence-electron chi connectivity index (χ0n) is 13.2. The van der Waals surface area contributed by atoms with E-state index in [1.54, 1.807) is 0 Å². The molecule has 0 aromatic carbocycles.